The molecule has 0 unspecified atom stereocenters. The van der Waals surface area contributed by atoms with Gasteiger partial charge in [0.05, 0.1) is 11.3 Å². The standard InChI is InChI=1S/C10H6ClF3N2O2/c11-5-1-2-7(6(3-5)10(12,13)14)16-4-8(17)15-9(16)18/h1-3H,4H2,(H,15,17,18). The molecular weight excluding hydrogens is 273 g/mol. The summed E-state index contributed by atoms with van der Waals surface area (Å²) in [6.07, 6.45) is -4.66. The number of hydrogen-bond donors (Lipinski definition) is 1. The molecule has 0 bridgehead atoms. The van der Waals surface area contributed by atoms with Gasteiger partial charge in [-0.3, -0.25) is 15.0 Å². The van der Waals surface area contributed by atoms with Crippen LogP contribution in [-0.2, 0) is 11.0 Å². The molecule has 1 aliphatic heterocycles. The second kappa shape index (κ2) is 4.16. The third-order valence-corrected chi connectivity index (χ3v) is 2.58. The molecule has 1 aromatic rings. The first kappa shape index (κ1) is 12.7. The zero-order chi connectivity index (χ0) is 13.5. The van der Waals surface area contributed by atoms with Crippen LogP contribution in [0.4, 0.5) is 23.7 Å². The summed E-state index contributed by atoms with van der Waals surface area (Å²) in [5, 5.41) is 1.81. The first-order valence-corrected chi connectivity index (χ1v) is 5.15. The Bertz CT molecular complexity index is 530. The maximum absolute atomic E-state index is 12.8. The molecule has 0 radical (unpaired) electrons. The number of rotatable bonds is 1. The number of nitrogens with one attached hydrogen (secondary N) is 1. The van der Waals surface area contributed by atoms with Gasteiger partial charge in [-0.1, -0.05) is 11.6 Å². The van der Waals surface area contributed by atoms with Gasteiger partial charge < -0.3 is 0 Å². The van der Waals surface area contributed by atoms with Crippen molar-refractivity contribution >= 4 is 29.2 Å². The molecule has 0 atom stereocenters. The van der Waals surface area contributed by atoms with Crippen LogP contribution in [0.3, 0.4) is 0 Å². The minimum absolute atomic E-state index is 0.1000. The zero-order valence-corrected chi connectivity index (χ0v) is 9.47. The first-order chi connectivity index (χ1) is 8.29. The van der Waals surface area contributed by atoms with Gasteiger partial charge >= 0.3 is 12.2 Å². The van der Waals surface area contributed by atoms with Gasteiger partial charge in [-0.15, -0.1) is 0 Å². The highest BCUT2D eigenvalue weighted by atomic mass is 35.5. The van der Waals surface area contributed by atoms with Gasteiger partial charge in [0.1, 0.15) is 6.54 Å². The van der Waals surface area contributed by atoms with Crippen molar-refractivity contribution in [1.29, 1.82) is 0 Å². The highest BCUT2D eigenvalue weighted by Crippen LogP contribution is 2.38. The predicted octanol–water partition coefficient (Wildman–Crippen LogP) is 2.42. The van der Waals surface area contributed by atoms with Crippen molar-refractivity contribution in [3.05, 3.63) is 28.8 Å². The summed E-state index contributed by atoms with van der Waals surface area (Å²) in [5.41, 5.74) is -1.45. The first-order valence-electron chi connectivity index (χ1n) is 4.77. The van der Waals surface area contributed by atoms with E-state index in [9.17, 15) is 22.8 Å². The third-order valence-electron chi connectivity index (χ3n) is 2.35. The van der Waals surface area contributed by atoms with Gasteiger partial charge in [0, 0.05) is 5.02 Å². The van der Waals surface area contributed by atoms with E-state index in [1.54, 1.807) is 0 Å². The summed E-state index contributed by atoms with van der Waals surface area (Å²) in [7, 11) is 0. The summed E-state index contributed by atoms with van der Waals surface area (Å²) in [5.74, 6) is -0.650. The van der Waals surface area contributed by atoms with Gasteiger partial charge in [-0.25, -0.2) is 4.79 Å². The highest BCUT2D eigenvalue weighted by Gasteiger charge is 2.38. The van der Waals surface area contributed by atoms with Crippen molar-refractivity contribution in [2.45, 2.75) is 6.18 Å². The number of nitrogens with zero attached hydrogens (tertiary/aromatic N) is 1. The van der Waals surface area contributed by atoms with Gasteiger partial charge in [-0.2, -0.15) is 13.2 Å². The second-order valence-corrected chi connectivity index (χ2v) is 4.04. The fourth-order valence-electron chi connectivity index (χ4n) is 1.61. The van der Waals surface area contributed by atoms with E-state index in [4.69, 9.17) is 11.6 Å². The average Bonchev–Trinajstić information content (AvgIpc) is 2.56. The molecule has 8 heteroatoms. The van der Waals surface area contributed by atoms with Crippen LogP contribution in [0.1, 0.15) is 5.56 Å². The zero-order valence-electron chi connectivity index (χ0n) is 8.71. The largest absolute Gasteiger partial charge is 0.418 e. The number of halogens is 4. The molecule has 1 aromatic carbocycles. The van der Waals surface area contributed by atoms with E-state index in [2.05, 4.69) is 0 Å². The lowest BCUT2D eigenvalue weighted by Gasteiger charge is -2.19. The molecule has 1 N–H and O–H groups in total. The topological polar surface area (TPSA) is 49.4 Å². The fraction of sp³-hybridized carbons (Fsp3) is 0.200. The van der Waals surface area contributed by atoms with Crippen LogP contribution in [-0.4, -0.2) is 18.5 Å². The molecule has 0 saturated carbocycles. The Morgan fingerprint density at radius 1 is 1.28 bits per heavy atom. The number of hydrogen-bond acceptors (Lipinski definition) is 2. The van der Waals surface area contributed by atoms with Crippen molar-refractivity contribution in [2.75, 3.05) is 11.4 Å². The number of urea groups is 1. The summed E-state index contributed by atoms with van der Waals surface area (Å²) in [6, 6.07) is 2.12. The molecule has 4 nitrogen and oxygen atoms in total. The molecule has 1 saturated heterocycles. The lowest BCUT2D eigenvalue weighted by molar-refractivity contribution is -0.137. The maximum atomic E-state index is 12.8. The number of alkyl halides is 3. The van der Waals surface area contributed by atoms with Gasteiger partial charge in [0.2, 0.25) is 5.91 Å². The van der Waals surface area contributed by atoms with Crippen LogP contribution in [0.15, 0.2) is 18.2 Å². The van der Waals surface area contributed by atoms with E-state index in [-0.39, 0.29) is 5.02 Å². The maximum Gasteiger partial charge on any atom is 0.418 e. The summed E-state index contributed by atoms with van der Waals surface area (Å²) in [4.78, 5) is 23.1. The highest BCUT2D eigenvalue weighted by molar-refractivity contribution is 6.30. The van der Waals surface area contributed by atoms with Crippen LogP contribution in [0.25, 0.3) is 0 Å². The van der Waals surface area contributed by atoms with Crippen molar-refractivity contribution in [3.8, 4) is 0 Å². The Kier molecular flexibility index (Phi) is 2.94. The molecule has 1 heterocycles. The van der Waals surface area contributed by atoms with Gasteiger partial charge in [-0.05, 0) is 18.2 Å². The summed E-state index contributed by atoms with van der Waals surface area (Å²) in [6.45, 7) is -0.441. The lowest BCUT2D eigenvalue weighted by atomic mass is 10.1. The molecule has 2 rings (SSSR count). The Morgan fingerprint density at radius 3 is 2.44 bits per heavy atom. The Balaban J connectivity index is 2.51. The third kappa shape index (κ3) is 2.26. The van der Waals surface area contributed by atoms with E-state index in [1.807, 2.05) is 5.32 Å². The minimum atomic E-state index is -4.66. The summed E-state index contributed by atoms with van der Waals surface area (Å²) >= 11 is 5.51. The number of benzene rings is 1. The van der Waals surface area contributed by atoms with E-state index >= 15 is 0 Å². The molecule has 0 aliphatic carbocycles. The summed E-state index contributed by atoms with van der Waals surface area (Å²) < 4.78 is 38.4. The molecule has 1 aliphatic rings. The number of carbonyl (C=O) groups excluding carboxylic acids is 2. The number of anilines is 1. The van der Waals surface area contributed by atoms with Crippen LogP contribution in [0.5, 0.6) is 0 Å². The van der Waals surface area contributed by atoms with E-state index in [0.717, 1.165) is 11.0 Å². The average molecular weight is 279 g/mol. The quantitative estimate of drug-likeness (QED) is 0.802. The molecule has 96 valence electrons. The number of carbonyl (C=O) groups is 2. The van der Waals surface area contributed by atoms with Crippen molar-refractivity contribution in [3.63, 3.8) is 0 Å². The molecule has 0 spiro atoms. The van der Waals surface area contributed by atoms with E-state index in [1.165, 1.54) is 6.07 Å². The fourth-order valence-corrected chi connectivity index (χ4v) is 1.78. The SMILES string of the molecule is O=C1CN(c2ccc(Cl)cc2C(F)(F)F)C(=O)N1. The van der Waals surface area contributed by atoms with Crippen LogP contribution in [0.2, 0.25) is 5.02 Å². The van der Waals surface area contributed by atoms with E-state index < -0.39 is 35.9 Å². The monoisotopic (exact) mass is 278 g/mol. The number of imide groups is 1. The molecule has 3 amide bonds. The second-order valence-electron chi connectivity index (χ2n) is 3.60. The Hall–Kier alpha value is -1.76. The lowest BCUT2D eigenvalue weighted by Crippen LogP contribution is -2.29. The Labute approximate surface area is 104 Å². The van der Waals surface area contributed by atoms with Gasteiger partial charge in [0.25, 0.3) is 0 Å². The molecular formula is C10H6ClF3N2O2. The normalized spacial score (nSPS) is 16.1. The number of amides is 3. The van der Waals surface area contributed by atoms with Crippen molar-refractivity contribution in [2.24, 2.45) is 0 Å². The predicted molar refractivity (Wildman–Crippen MR) is 57.3 cm³/mol. The van der Waals surface area contributed by atoms with Crippen LogP contribution < -0.4 is 10.2 Å². The van der Waals surface area contributed by atoms with Gasteiger partial charge in [0.15, 0.2) is 0 Å². The molecule has 1 fully saturated rings. The van der Waals surface area contributed by atoms with Crippen LogP contribution in [0, 0.1) is 0 Å². The van der Waals surface area contributed by atoms with Crippen molar-refractivity contribution < 1.29 is 22.8 Å². The molecule has 18 heavy (non-hydrogen) atoms. The Morgan fingerprint density at radius 2 is 1.94 bits per heavy atom. The minimum Gasteiger partial charge on any atom is -0.284 e. The van der Waals surface area contributed by atoms with Crippen LogP contribution >= 0.6 is 11.6 Å². The smallest absolute Gasteiger partial charge is 0.284 e. The van der Waals surface area contributed by atoms with Crippen molar-refractivity contribution in [1.82, 2.24) is 5.32 Å². The molecule has 0 aromatic heterocycles. The van der Waals surface area contributed by atoms with E-state index in [0.29, 0.717) is 6.07 Å².